The molecule has 106 valence electrons. The van der Waals surface area contributed by atoms with E-state index in [0.717, 1.165) is 13.1 Å². The molecule has 1 aromatic carbocycles. The Morgan fingerprint density at radius 1 is 1.00 bits per heavy atom. The Hall–Kier alpha value is -0.340. The summed E-state index contributed by atoms with van der Waals surface area (Å²) in [6.07, 6.45) is 9.69. The van der Waals surface area contributed by atoms with Crippen molar-refractivity contribution in [3.63, 3.8) is 0 Å². The number of hydrogen-bond acceptors (Lipinski definition) is 1. The van der Waals surface area contributed by atoms with Gasteiger partial charge in [-0.25, -0.2) is 0 Å². The molecule has 1 aromatic rings. The van der Waals surface area contributed by atoms with E-state index in [1.807, 2.05) is 0 Å². The maximum Gasteiger partial charge on any atom is 0.0202 e. The van der Waals surface area contributed by atoms with Crippen molar-refractivity contribution in [2.45, 2.75) is 57.3 Å². The zero-order valence-electron chi connectivity index (χ0n) is 12.1. The topological polar surface area (TPSA) is 12.0 Å². The minimum atomic E-state index is 0.422. The van der Waals surface area contributed by atoms with E-state index in [1.165, 1.54) is 55.0 Å². The lowest BCUT2D eigenvalue weighted by atomic mass is 9.71. The molecule has 1 nitrogen and oxygen atoms in total. The molecule has 1 fully saturated rings. The quantitative estimate of drug-likeness (QED) is 0.661. The molecule has 0 aliphatic carbocycles. The second-order valence-corrected chi connectivity index (χ2v) is 6.82. The third-order valence-corrected chi connectivity index (χ3v) is 4.92. The fraction of sp³-hybridized carbons (Fsp3) is 0.647. The van der Waals surface area contributed by atoms with Crippen LogP contribution in [0.25, 0.3) is 0 Å². The van der Waals surface area contributed by atoms with Gasteiger partial charge in [-0.15, -0.1) is 0 Å². The lowest BCUT2D eigenvalue weighted by Gasteiger charge is -2.43. The van der Waals surface area contributed by atoms with Crippen molar-refractivity contribution in [1.29, 1.82) is 0 Å². The highest BCUT2D eigenvalue weighted by Crippen LogP contribution is 2.34. The van der Waals surface area contributed by atoms with Gasteiger partial charge >= 0.3 is 0 Å². The van der Waals surface area contributed by atoms with Crippen LogP contribution in [0.1, 0.15) is 57.4 Å². The van der Waals surface area contributed by atoms with Crippen molar-refractivity contribution in [1.82, 2.24) is 5.32 Å². The van der Waals surface area contributed by atoms with E-state index < -0.39 is 0 Å². The summed E-state index contributed by atoms with van der Waals surface area (Å²) in [5, 5.41) is 3.46. The van der Waals surface area contributed by atoms with Gasteiger partial charge in [0.25, 0.3) is 0 Å². The van der Waals surface area contributed by atoms with Crippen LogP contribution in [-0.4, -0.2) is 13.1 Å². The minimum Gasteiger partial charge on any atom is -0.315 e. The molecule has 0 unspecified atom stereocenters. The second kappa shape index (κ2) is 7.44. The highest BCUT2D eigenvalue weighted by Gasteiger charge is 2.37. The number of rotatable bonds is 8. The highest BCUT2D eigenvalue weighted by atomic mass is 79.9. The molecule has 0 radical (unpaired) electrons. The normalized spacial score (nSPS) is 17.2. The third-order valence-electron chi connectivity index (χ3n) is 4.39. The molecule has 0 bridgehead atoms. The predicted molar refractivity (Wildman–Crippen MR) is 86.7 cm³/mol. The van der Waals surface area contributed by atoms with E-state index in [1.54, 1.807) is 0 Å². The molecule has 1 saturated heterocycles. The molecule has 1 aliphatic heterocycles. The summed E-state index contributed by atoms with van der Waals surface area (Å²) in [7, 11) is 0. The lowest BCUT2D eigenvalue weighted by molar-refractivity contribution is 0.249. The molecular weight excluding hydrogens is 298 g/mol. The van der Waals surface area contributed by atoms with Crippen LogP contribution in [0.15, 0.2) is 28.7 Å². The molecule has 1 N–H and O–H groups in total. The van der Waals surface area contributed by atoms with E-state index in [9.17, 15) is 0 Å². The first-order valence-corrected chi connectivity index (χ1v) is 8.53. The summed E-state index contributed by atoms with van der Waals surface area (Å²) in [4.78, 5) is 0. The van der Waals surface area contributed by atoms with Crippen molar-refractivity contribution in [3.8, 4) is 0 Å². The Bertz CT molecular complexity index is 367. The van der Waals surface area contributed by atoms with Crippen molar-refractivity contribution < 1.29 is 0 Å². The van der Waals surface area contributed by atoms with Crippen molar-refractivity contribution in [2.24, 2.45) is 0 Å². The zero-order chi connectivity index (χ0) is 13.6. The van der Waals surface area contributed by atoms with Crippen LogP contribution in [0.4, 0.5) is 0 Å². The average Bonchev–Trinajstić information content (AvgIpc) is 2.38. The van der Waals surface area contributed by atoms with Gasteiger partial charge in [0, 0.05) is 23.0 Å². The number of hydrogen-bond donors (Lipinski definition) is 1. The Morgan fingerprint density at radius 2 is 1.63 bits per heavy atom. The van der Waals surface area contributed by atoms with E-state index in [0.29, 0.717) is 5.41 Å². The van der Waals surface area contributed by atoms with Crippen molar-refractivity contribution in [3.05, 3.63) is 34.3 Å². The predicted octanol–water partition coefficient (Wildman–Crippen LogP) is 5.04. The fourth-order valence-corrected chi connectivity index (χ4v) is 3.26. The van der Waals surface area contributed by atoms with Crippen LogP contribution in [0.2, 0.25) is 0 Å². The zero-order valence-corrected chi connectivity index (χ0v) is 13.6. The number of halogens is 1. The third kappa shape index (κ3) is 4.06. The minimum absolute atomic E-state index is 0.422. The largest absolute Gasteiger partial charge is 0.315 e. The van der Waals surface area contributed by atoms with E-state index in [-0.39, 0.29) is 0 Å². The molecule has 0 spiro atoms. The molecule has 0 aromatic heterocycles. The average molecular weight is 324 g/mol. The van der Waals surface area contributed by atoms with Crippen LogP contribution >= 0.6 is 15.9 Å². The van der Waals surface area contributed by atoms with Crippen LogP contribution in [0.3, 0.4) is 0 Å². The lowest BCUT2D eigenvalue weighted by Crippen LogP contribution is -2.56. The van der Waals surface area contributed by atoms with Gasteiger partial charge in [0.1, 0.15) is 0 Å². The molecule has 1 aliphatic rings. The van der Waals surface area contributed by atoms with Gasteiger partial charge in [0.2, 0.25) is 0 Å². The molecule has 2 rings (SSSR count). The number of benzene rings is 1. The Kier molecular flexibility index (Phi) is 5.90. The Labute approximate surface area is 126 Å². The van der Waals surface area contributed by atoms with Gasteiger partial charge in [0.05, 0.1) is 0 Å². The van der Waals surface area contributed by atoms with Crippen LogP contribution in [-0.2, 0) is 5.41 Å². The van der Waals surface area contributed by atoms with Crippen LogP contribution in [0.5, 0.6) is 0 Å². The summed E-state index contributed by atoms with van der Waals surface area (Å²) < 4.78 is 1.18. The summed E-state index contributed by atoms with van der Waals surface area (Å²) in [5.74, 6) is 0. The monoisotopic (exact) mass is 323 g/mol. The standard InChI is InChI=1S/C17H26BrN/c1-2-3-4-5-6-7-12-17(13-19-14-17)15-8-10-16(18)11-9-15/h8-11,19H,2-7,12-14H2,1H3. The summed E-state index contributed by atoms with van der Waals surface area (Å²) >= 11 is 3.52. The SMILES string of the molecule is CCCCCCCCC1(c2ccc(Br)cc2)CNC1. The summed E-state index contributed by atoms with van der Waals surface area (Å²) in [6, 6.07) is 8.94. The van der Waals surface area contributed by atoms with E-state index in [4.69, 9.17) is 0 Å². The smallest absolute Gasteiger partial charge is 0.0202 e. The molecule has 0 amide bonds. The van der Waals surface area contributed by atoms with Gasteiger partial charge in [-0.1, -0.05) is 73.5 Å². The molecule has 0 saturated carbocycles. The molecular formula is C17H26BrN. The van der Waals surface area contributed by atoms with E-state index in [2.05, 4.69) is 52.4 Å². The number of nitrogens with one attached hydrogen (secondary N) is 1. The maximum atomic E-state index is 3.52. The molecule has 19 heavy (non-hydrogen) atoms. The van der Waals surface area contributed by atoms with Gasteiger partial charge < -0.3 is 5.32 Å². The Balaban J connectivity index is 1.80. The molecule has 2 heteroatoms. The molecule has 0 atom stereocenters. The first-order chi connectivity index (χ1) is 9.27. The first kappa shape index (κ1) is 15.1. The highest BCUT2D eigenvalue weighted by molar-refractivity contribution is 9.10. The first-order valence-electron chi connectivity index (χ1n) is 7.74. The Morgan fingerprint density at radius 3 is 2.21 bits per heavy atom. The van der Waals surface area contributed by atoms with Crippen LogP contribution in [0, 0.1) is 0 Å². The van der Waals surface area contributed by atoms with Crippen molar-refractivity contribution in [2.75, 3.05) is 13.1 Å². The summed E-state index contributed by atoms with van der Waals surface area (Å²) in [5.41, 5.74) is 1.94. The second-order valence-electron chi connectivity index (χ2n) is 5.91. The van der Waals surface area contributed by atoms with Gasteiger partial charge in [-0.3, -0.25) is 0 Å². The molecule has 1 heterocycles. The van der Waals surface area contributed by atoms with Crippen LogP contribution < -0.4 is 5.32 Å². The van der Waals surface area contributed by atoms with Gasteiger partial charge in [-0.05, 0) is 24.1 Å². The van der Waals surface area contributed by atoms with E-state index >= 15 is 0 Å². The van der Waals surface area contributed by atoms with Crippen molar-refractivity contribution >= 4 is 15.9 Å². The maximum absolute atomic E-state index is 3.52. The van der Waals surface area contributed by atoms with Gasteiger partial charge in [-0.2, -0.15) is 0 Å². The fourth-order valence-electron chi connectivity index (χ4n) is 3.00. The summed E-state index contributed by atoms with van der Waals surface area (Å²) in [6.45, 7) is 4.59. The number of unbranched alkanes of at least 4 members (excludes halogenated alkanes) is 5. The van der Waals surface area contributed by atoms with Gasteiger partial charge in [0.15, 0.2) is 0 Å².